The Morgan fingerprint density at radius 1 is 0.718 bits per heavy atom. The highest BCUT2D eigenvalue weighted by Crippen LogP contribution is 2.31. The molecular formula is C31H27F2NO5. The molecular weight excluding hydrogens is 504 g/mol. The Morgan fingerprint density at radius 3 is 1.92 bits per heavy atom. The maximum absolute atomic E-state index is 13.6. The number of esters is 1. The largest absolute Gasteiger partial charge is 0.485 e. The molecule has 200 valence electrons. The highest BCUT2D eigenvalue weighted by Gasteiger charge is 2.24. The van der Waals surface area contributed by atoms with Gasteiger partial charge in [0.05, 0.1) is 7.11 Å². The molecule has 6 nitrogen and oxygen atoms in total. The SMILES string of the molecule is COC(=O)[C@H](Cc1ccc(OCc2ccccc2)c(OCc2ccccc2)c1)NC(=O)c1ccc(F)c(F)c1. The normalized spacial score (nSPS) is 11.4. The average Bonchev–Trinajstić information content (AvgIpc) is 2.97. The first-order valence-electron chi connectivity index (χ1n) is 12.2. The van der Waals surface area contributed by atoms with Crippen molar-refractivity contribution in [1.82, 2.24) is 5.32 Å². The summed E-state index contributed by atoms with van der Waals surface area (Å²) in [6.45, 7) is 0.621. The summed E-state index contributed by atoms with van der Waals surface area (Å²) in [6.07, 6.45) is 0.0583. The van der Waals surface area contributed by atoms with Gasteiger partial charge in [-0.15, -0.1) is 0 Å². The van der Waals surface area contributed by atoms with Gasteiger partial charge in [0.1, 0.15) is 19.3 Å². The van der Waals surface area contributed by atoms with Crippen LogP contribution in [-0.2, 0) is 29.2 Å². The zero-order valence-electron chi connectivity index (χ0n) is 21.2. The second-order valence-corrected chi connectivity index (χ2v) is 8.71. The van der Waals surface area contributed by atoms with Gasteiger partial charge in [-0.05, 0) is 47.0 Å². The van der Waals surface area contributed by atoms with E-state index >= 15 is 0 Å². The van der Waals surface area contributed by atoms with Crippen LogP contribution in [0.5, 0.6) is 11.5 Å². The average molecular weight is 532 g/mol. The summed E-state index contributed by atoms with van der Waals surface area (Å²) in [5.74, 6) is -2.70. The van der Waals surface area contributed by atoms with Crippen molar-refractivity contribution in [3.63, 3.8) is 0 Å². The quantitative estimate of drug-likeness (QED) is 0.254. The van der Waals surface area contributed by atoms with Gasteiger partial charge in [0.2, 0.25) is 0 Å². The molecule has 0 aromatic heterocycles. The fraction of sp³-hybridized carbons (Fsp3) is 0.161. The lowest BCUT2D eigenvalue weighted by molar-refractivity contribution is -0.142. The van der Waals surface area contributed by atoms with E-state index in [-0.39, 0.29) is 12.0 Å². The van der Waals surface area contributed by atoms with Crippen LogP contribution >= 0.6 is 0 Å². The minimum Gasteiger partial charge on any atom is -0.485 e. The van der Waals surface area contributed by atoms with Crippen molar-refractivity contribution in [1.29, 1.82) is 0 Å². The van der Waals surface area contributed by atoms with Gasteiger partial charge >= 0.3 is 5.97 Å². The zero-order valence-corrected chi connectivity index (χ0v) is 21.2. The second-order valence-electron chi connectivity index (χ2n) is 8.71. The number of hydrogen-bond acceptors (Lipinski definition) is 5. The molecule has 0 aliphatic carbocycles. The topological polar surface area (TPSA) is 73.9 Å². The van der Waals surface area contributed by atoms with Crippen LogP contribution in [0.1, 0.15) is 27.0 Å². The van der Waals surface area contributed by atoms with Crippen molar-refractivity contribution in [2.75, 3.05) is 7.11 Å². The number of rotatable bonds is 11. The van der Waals surface area contributed by atoms with Crippen LogP contribution in [0.2, 0.25) is 0 Å². The Bertz CT molecular complexity index is 1410. The lowest BCUT2D eigenvalue weighted by atomic mass is 10.0. The highest BCUT2D eigenvalue weighted by molar-refractivity contribution is 5.96. The van der Waals surface area contributed by atoms with Gasteiger partial charge in [0.25, 0.3) is 5.91 Å². The Hall–Kier alpha value is -4.72. The molecule has 1 atom stereocenters. The summed E-state index contributed by atoms with van der Waals surface area (Å²) < 4.78 is 43.9. The summed E-state index contributed by atoms with van der Waals surface area (Å²) in [7, 11) is 1.20. The van der Waals surface area contributed by atoms with E-state index in [0.717, 1.165) is 29.3 Å². The molecule has 1 N–H and O–H groups in total. The molecule has 8 heteroatoms. The predicted molar refractivity (Wildman–Crippen MR) is 141 cm³/mol. The third-order valence-electron chi connectivity index (χ3n) is 5.90. The maximum Gasteiger partial charge on any atom is 0.328 e. The fourth-order valence-corrected chi connectivity index (χ4v) is 3.83. The third-order valence-corrected chi connectivity index (χ3v) is 5.90. The molecule has 4 aromatic carbocycles. The van der Waals surface area contributed by atoms with Gasteiger partial charge < -0.3 is 19.5 Å². The number of carbonyl (C=O) groups excluding carboxylic acids is 2. The third kappa shape index (κ3) is 7.64. The number of carbonyl (C=O) groups is 2. The summed E-state index contributed by atoms with van der Waals surface area (Å²) in [6, 6.07) is 26.2. The van der Waals surface area contributed by atoms with E-state index in [1.54, 1.807) is 18.2 Å². The fourth-order valence-electron chi connectivity index (χ4n) is 3.83. The first kappa shape index (κ1) is 27.3. The summed E-state index contributed by atoms with van der Waals surface area (Å²) in [5, 5.41) is 2.54. The van der Waals surface area contributed by atoms with E-state index < -0.39 is 29.6 Å². The van der Waals surface area contributed by atoms with Gasteiger partial charge in [0, 0.05) is 12.0 Å². The molecule has 4 rings (SSSR count). The van der Waals surface area contributed by atoms with Gasteiger partial charge in [-0.2, -0.15) is 0 Å². The van der Waals surface area contributed by atoms with Crippen molar-refractivity contribution < 1.29 is 32.6 Å². The van der Waals surface area contributed by atoms with Gasteiger partial charge in [-0.1, -0.05) is 66.7 Å². The van der Waals surface area contributed by atoms with Gasteiger partial charge in [-0.3, -0.25) is 4.79 Å². The lowest BCUT2D eigenvalue weighted by Crippen LogP contribution is -2.43. The number of halogens is 2. The molecule has 0 saturated heterocycles. The molecule has 39 heavy (non-hydrogen) atoms. The van der Waals surface area contributed by atoms with Crippen LogP contribution in [0.15, 0.2) is 97.1 Å². The molecule has 4 aromatic rings. The van der Waals surface area contributed by atoms with E-state index in [1.807, 2.05) is 60.7 Å². The smallest absolute Gasteiger partial charge is 0.328 e. The Balaban J connectivity index is 1.54. The molecule has 1 amide bonds. The minimum atomic E-state index is -1.16. The van der Waals surface area contributed by atoms with Crippen LogP contribution in [0.25, 0.3) is 0 Å². The molecule has 0 heterocycles. The van der Waals surface area contributed by atoms with Gasteiger partial charge in [0.15, 0.2) is 23.1 Å². The van der Waals surface area contributed by atoms with Crippen molar-refractivity contribution >= 4 is 11.9 Å². The highest BCUT2D eigenvalue weighted by atomic mass is 19.2. The molecule has 0 spiro atoms. The van der Waals surface area contributed by atoms with Crippen LogP contribution < -0.4 is 14.8 Å². The molecule has 0 bridgehead atoms. The standard InChI is InChI=1S/C31H27F2NO5/c1-37-31(36)27(34-30(35)24-13-14-25(32)26(33)18-24)16-23-12-15-28(38-19-21-8-4-2-5-9-21)29(17-23)39-20-22-10-6-3-7-11-22/h2-15,17-18,27H,16,19-20H2,1H3,(H,34,35)/t27-/m0/s1. The maximum atomic E-state index is 13.6. The van der Waals surface area contributed by atoms with E-state index in [0.29, 0.717) is 30.3 Å². The number of benzene rings is 4. The molecule has 0 aliphatic rings. The second kappa shape index (κ2) is 13.2. The van der Waals surface area contributed by atoms with Crippen molar-refractivity contribution in [3.8, 4) is 11.5 Å². The van der Waals surface area contributed by atoms with Crippen molar-refractivity contribution in [2.45, 2.75) is 25.7 Å². The zero-order chi connectivity index (χ0) is 27.6. The molecule has 0 unspecified atom stereocenters. The lowest BCUT2D eigenvalue weighted by Gasteiger charge is -2.19. The first-order chi connectivity index (χ1) is 18.9. The van der Waals surface area contributed by atoms with Crippen LogP contribution in [-0.4, -0.2) is 25.0 Å². The predicted octanol–water partition coefficient (Wildman–Crippen LogP) is 5.64. The van der Waals surface area contributed by atoms with E-state index in [2.05, 4.69) is 5.32 Å². The Labute approximate surface area is 225 Å². The van der Waals surface area contributed by atoms with Crippen LogP contribution in [0.3, 0.4) is 0 Å². The Kier molecular flexibility index (Phi) is 9.24. The van der Waals surface area contributed by atoms with Gasteiger partial charge in [-0.25, -0.2) is 13.6 Å². The van der Waals surface area contributed by atoms with Crippen LogP contribution in [0.4, 0.5) is 8.78 Å². The number of nitrogens with one attached hydrogen (secondary N) is 1. The number of methoxy groups -OCH3 is 1. The van der Waals surface area contributed by atoms with Crippen molar-refractivity contribution in [3.05, 3.63) is 131 Å². The number of ether oxygens (including phenoxy) is 3. The van der Waals surface area contributed by atoms with Crippen molar-refractivity contribution in [2.24, 2.45) is 0 Å². The van der Waals surface area contributed by atoms with Crippen LogP contribution in [0, 0.1) is 11.6 Å². The summed E-state index contributed by atoms with van der Waals surface area (Å²) in [4.78, 5) is 25.2. The monoisotopic (exact) mass is 531 g/mol. The Morgan fingerprint density at radius 2 is 1.33 bits per heavy atom. The van der Waals surface area contributed by atoms with E-state index in [9.17, 15) is 18.4 Å². The molecule has 0 aliphatic heterocycles. The molecule has 0 fully saturated rings. The van der Waals surface area contributed by atoms with E-state index in [1.165, 1.54) is 7.11 Å². The number of hydrogen-bond donors (Lipinski definition) is 1. The van der Waals surface area contributed by atoms with E-state index in [4.69, 9.17) is 14.2 Å². The molecule has 0 saturated carbocycles. The first-order valence-corrected chi connectivity index (χ1v) is 12.2. The molecule has 0 radical (unpaired) electrons. The minimum absolute atomic E-state index is 0.0583. The number of amides is 1. The summed E-state index contributed by atoms with van der Waals surface area (Å²) in [5.41, 5.74) is 2.48. The summed E-state index contributed by atoms with van der Waals surface area (Å²) >= 11 is 0.